The molecule has 0 unspecified atom stereocenters. The van der Waals surface area contributed by atoms with E-state index in [9.17, 15) is 9.18 Å². The summed E-state index contributed by atoms with van der Waals surface area (Å²) in [5.74, 6) is -0.506. The third-order valence-electron chi connectivity index (χ3n) is 1.73. The second kappa shape index (κ2) is 4.28. The summed E-state index contributed by atoms with van der Waals surface area (Å²) in [7, 11) is 1.43. The third kappa shape index (κ3) is 2.60. The van der Waals surface area contributed by atoms with Crippen molar-refractivity contribution in [1.82, 2.24) is 4.90 Å². The topological polar surface area (TPSA) is 40.5 Å². The largest absolute Gasteiger partial charge is 0.465 e. The summed E-state index contributed by atoms with van der Waals surface area (Å²) < 4.78 is 12.7. The summed E-state index contributed by atoms with van der Waals surface area (Å²) in [4.78, 5) is 11.6. The zero-order valence-electron chi connectivity index (χ0n) is 7.50. The Morgan fingerprint density at radius 2 is 2.29 bits per heavy atom. The van der Waals surface area contributed by atoms with E-state index in [0.29, 0.717) is 5.56 Å². The first-order valence-electron chi connectivity index (χ1n) is 3.88. The lowest BCUT2D eigenvalue weighted by molar-refractivity contribution is 0.154. The van der Waals surface area contributed by atoms with Gasteiger partial charge >= 0.3 is 6.09 Å². The van der Waals surface area contributed by atoms with E-state index in [-0.39, 0.29) is 11.6 Å². The number of rotatable bonds is 2. The van der Waals surface area contributed by atoms with Gasteiger partial charge in [0.05, 0.1) is 5.02 Å². The minimum absolute atomic E-state index is 0.00119. The first kappa shape index (κ1) is 10.8. The van der Waals surface area contributed by atoms with Crippen molar-refractivity contribution in [2.24, 2.45) is 0 Å². The molecule has 76 valence electrons. The van der Waals surface area contributed by atoms with Gasteiger partial charge in [-0.25, -0.2) is 9.18 Å². The zero-order chi connectivity index (χ0) is 10.7. The average molecular weight is 218 g/mol. The number of benzene rings is 1. The van der Waals surface area contributed by atoms with E-state index in [1.807, 2.05) is 0 Å². The molecule has 0 saturated carbocycles. The molecule has 14 heavy (non-hydrogen) atoms. The van der Waals surface area contributed by atoms with Crippen LogP contribution in [0.3, 0.4) is 0 Å². The van der Waals surface area contributed by atoms with Gasteiger partial charge in [-0.15, -0.1) is 0 Å². The Labute approximate surface area is 85.7 Å². The lowest BCUT2D eigenvalue weighted by atomic mass is 10.2. The Morgan fingerprint density at radius 3 is 2.79 bits per heavy atom. The maximum Gasteiger partial charge on any atom is 0.407 e. The Balaban J connectivity index is 2.78. The van der Waals surface area contributed by atoms with Crippen LogP contribution < -0.4 is 0 Å². The zero-order valence-corrected chi connectivity index (χ0v) is 8.25. The molecule has 0 fully saturated rings. The second-order valence-electron chi connectivity index (χ2n) is 2.89. The molecule has 0 aromatic heterocycles. The lowest BCUT2D eigenvalue weighted by Gasteiger charge is -2.12. The number of carboxylic acid groups (broad SMARTS) is 1. The molecule has 0 atom stereocenters. The van der Waals surface area contributed by atoms with Crippen molar-refractivity contribution in [2.45, 2.75) is 6.54 Å². The van der Waals surface area contributed by atoms with E-state index in [1.54, 1.807) is 0 Å². The van der Waals surface area contributed by atoms with Crippen LogP contribution in [0, 0.1) is 5.82 Å². The average Bonchev–Trinajstić information content (AvgIpc) is 2.11. The Bertz CT molecular complexity index is 357. The molecule has 0 radical (unpaired) electrons. The van der Waals surface area contributed by atoms with Crippen LogP contribution in [-0.2, 0) is 6.54 Å². The van der Waals surface area contributed by atoms with Crippen LogP contribution in [0.1, 0.15) is 5.56 Å². The minimum atomic E-state index is -1.04. The maximum atomic E-state index is 12.7. The van der Waals surface area contributed by atoms with Crippen LogP contribution in [0.5, 0.6) is 0 Å². The van der Waals surface area contributed by atoms with Crippen molar-refractivity contribution in [3.8, 4) is 0 Å². The van der Waals surface area contributed by atoms with E-state index in [1.165, 1.54) is 25.2 Å². The molecular formula is C9H9ClFNO2. The van der Waals surface area contributed by atoms with Crippen LogP contribution >= 0.6 is 11.6 Å². The monoisotopic (exact) mass is 217 g/mol. The van der Waals surface area contributed by atoms with E-state index < -0.39 is 11.9 Å². The quantitative estimate of drug-likeness (QED) is 0.827. The van der Waals surface area contributed by atoms with Crippen molar-refractivity contribution in [3.05, 3.63) is 34.6 Å². The molecule has 1 aromatic carbocycles. The molecule has 3 nitrogen and oxygen atoms in total. The molecule has 0 aliphatic carbocycles. The first-order chi connectivity index (χ1) is 6.50. The molecule has 0 spiro atoms. The van der Waals surface area contributed by atoms with Crippen molar-refractivity contribution in [1.29, 1.82) is 0 Å². The van der Waals surface area contributed by atoms with Crippen LogP contribution in [0.4, 0.5) is 9.18 Å². The third-order valence-corrected chi connectivity index (χ3v) is 2.02. The van der Waals surface area contributed by atoms with E-state index in [4.69, 9.17) is 16.7 Å². The number of amides is 1. The van der Waals surface area contributed by atoms with Gasteiger partial charge in [0.25, 0.3) is 0 Å². The van der Waals surface area contributed by atoms with E-state index in [2.05, 4.69) is 0 Å². The van der Waals surface area contributed by atoms with E-state index >= 15 is 0 Å². The summed E-state index contributed by atoms with van der Waals surface area (Å²) in [5.41, 5.74) is 0.654. The second-order valence-corrected chi connectivity index (χ2v) is 3.29. The molecule has 0 aliphatic heterocycles. The van der Waals surface area contributed by atoms with Crippen LogP contribution in [0.2, 0.25) is 5.02 Å². The summed E-state index contributed by atoms with van der Waals surface area (Å²) >= 11 is 5.54. The molecule has 1 amide bonds. The van der Waals surface area contributed by atoms with Gasteiger partial charge in [0, 0.05) is 13.6 Å². The highest BCUT2D eigenvalue weighted by Crippen LogP contribution is 2.16. The van der Waals surface area contributed by atoms with Crippen LogP contribution in [-0.4, -0.2) is 23.1 Å². The first-order valence-corrected chi connectivity index (χ1v) is 4.26. The fraction of sp³-hybridized carbons (Fsp3) is 0.222. The smallest absolute Gasteiger partial charge is 0.407 e. The number of hydrogen-bond acceptors (Lipinski definition) is 1. The molecule has 1 N–H and O–H groups in total. The fourth-order valence-corrected chi connectivity index (χ4v) is 1.18. The van der Waals surface area contributed by atoms with Crippen molar-refractivity contribution in [3.63, 3.8) is 0 Å². The molecule has 1 aromatic rings. The normalized spacial score (nSPS) is 9.93. The highest BCUT2D eigenvalue weighted by molar-refractivity contribution is 6.30. The SMILES string of the molecule is CN(Cc1ccc(F)c(Cl)c1)C(=O)O. The minimum Gasteiger partial charge on any atom is -0.465 e. The van der Waals surface area contributed by atoms with Gasteiger partial charge in [-0.2, -0.15) is 0 Å². The predicted molar refractivity (Wildman–Crippen MR) is 50.9 cm³/mol. The molecule has 5 heteroatoms. The molecule has 0 saturated heterocycles. The van der Waals surface area contributed by atoms with Crippen molar-refractivity contribution in [2.75, 3.05) is 7.05 Å². The van der Waals surface area contributed by atoms with Crippen molar-refractivity contribution < 1.29 is 14.3 Å². The van der Waals surface area contributed by atoms with Gasteiger partial charge in [-0.1, -0.05) is 17.7 Å². The van der Waals surface area contributed by atoms with Gasteiger partial charge in [-0.05, 0) is 17.7 Å². The predicted octanol–water partition coefficient (Wildman–Crippen LogP) is 2.59. The lowest BCUT2D eigenvalue weighted by Crippen LogP contribution is -2.23. The summed E-state index contributed by atoms with van der Waals surface area (Å²) in [5, 5.41) is 8.59. The molecular weight excluding hydrogens is 209 g/mol. The van der Waals surface area contributed by atoms with Crippen molar-refractivity contribution >= 4 is 17.7 Å². The van der Waals surface area contributed by atoms with Gasteiger partial charge in [0.1, 0.15) is 5.82 Å². The van der Waals surface area contributed by atoms with E-state index in [0.717, 1.165) is 4.90 Å². The summed E-state index contributed by atoms with van der Waals surface area (Å²) in [6.07, 6.45) is -1.04. The summed E-state index contributed by atoms with van der Waals surface area (Å²) in [6.45, 7) is 0.190. The van der Waals surface area contributed by atoms with Gasteiger partial charge in [0.15, 0.2) is 0 Å². The van der Waals surface area contributed by atoms with Gasteiger partial charge in [0.2, 0.25) is 0 Å². The number of carbonyl (C=O) groups is 1. The van der Waals surface area contributed by atoms with Crippen LogP contribution in [0.25, 0.3) is 0 Å². The summed E-state index contributed by atoms with van der Waals surface area (Å²) in [6, 6.07) is 4.13. The molecule has 0 heterocycles. The van der Waals surface area contributed by atoms with Gasteiger partial charge in [-0.3, -0.25) is 0 Å². The molecule has 1 rings (SSSR count). The maximum absolute atomic E-state index is 12.7. The Hall–Kier alpha value is -1.29. The Kier molecular flexibility index (Phi) is 3.30. The number of hydrogen-bond donors (Lipinski definition) is 1. The number of halogens is 2. The highest BCUT2D eigenvalue weighted by Gasteiger charge is 2.07. The fourth-order valence-electron chi connectivity index (χ4n) is 0.979. The highest BCUT2D eigenvalue weighted by atomic mass is 35.5. The molecule has 0 bridgehead atoms. The number of nitrogens with zero attached hydrogens (tertiary/aromatic N) is 1. The molecule has 0 aliphatic rings. The standard InChI is InChI=1S/C9H9ClFNO2/c1-12(9(13)14)5-6-2-3-8(11)7(10)4-6/h2-4H,5H2,1H3,(H,13,14). The van der Waals surface area contributed by atoms with Gasteiger partial charge < -0.3 is 10.0 Å². The Morgan fingerprint density at radius 1 is 1.64 bits per heavy atom. The van der Waals surface area contributed by atoms with Crippen LogP contribution in [0.15, 0.2) is 18.2 Å².